The highest BCUT2D eigenvalue weighted by molar-refractivity contribution is 6.36. The maximum Gasteiger partial charge on any atom is 0.143 e. The number of hydrogen-bond acceptors (Lipinski definition) is 5. The molecule has 0 radical (unpaired) electrons. The van der Waals surface area contributed by atoms with Crippen molar-refractivity contribution in [1.29, 1.82) is 5.26 Å². The number of nitriles is 1. The maximum atomic E-state index is 9.90. The van der Waals surface area contributed by atoms with Gasteiger partial charge in [-0.25, -0.2) is 15.0 Å². The Morgan fingerprint density at radius 3 is 2.68 bits per heavy atom. The summed E-state index contributed by atoms with van der Waals surface area (Å²) in [7, 11) is 0. The summed E-state index contributed by atoms with van der Waals surface area (Å²) in [6.45, 7) is 11.3. The molecule has 0 unspecified atom stereocenters. The predicted molar refractivity (Wildman–Crippen MR) is 124 cm³/mol. The highest BCUT2D eigenvalue weighted by Gasteiger charge is 2.16. The fourth-order valence-electron chi connectivity index (χ4n) is 3.66. The first-order valence-corrected chi connectivity index (χ1v) is 10.1. The Bertz CT molecular complexity index is 1430. The lowest BCUT2D eigenvalue weighted by Gasteiger charge is -2.10. The molecule has 3 aromatic heterocycles. The molecule has 0 saturated carbocycles. The third kappa shape index (κ3) is 3.65. The van der Waals surface area contributed by atoms with Crippen LogP contribution >= 0.6 is 11.6 Å². The van der Waals surface area contributed by atoms with Crippen molar-refractivity contribution in [2.45, 2.75) is 26.7 Å². The summed E-state index contributed by atoms with van der Waals surface area (Å²) in [5, 5.41) is 21.5. The number of aliphatic hydroxyl groups excluding tert-OH is 1. The summed E-state index contributed by atoms with van der Waals surface area (Å²) in [5.41, 5.74) is 5.05. The molecule has 0 fully saturated rings. The maximum absolute atomic E-state index is 9.90. The van der Waals surface area contributed by atoms with Crippen molar-refractivity contribution in [3.05, 3.63) is 76.5 Å². The lowest BCUT2D eigenvalue weighted by Crippen LogP contribution is -2.00. The van der Waals surface area contributed by atoms with Crippen LogP contribution in [0.1, 0.15) is 41.0 Å². The van der Waals surface area contributed by atoms with Gasteiger partial charge in [0.25, 0.3) is 0 Å². The second kappa shape index (κ2) is 7.86. The van der Waals surface area contributed by atoms with Gasteiger partial charge in [0, 0.05) is 23.1 Å². The third-order valence-electron chi connectivity index (χ3n) is 5.22. The fraction of sp³-hybridized carbons (Fsp3) is 0.167. The molecule has 0 amide bonds. The zero-order chi connectivity index (χ0) is 22.3. The van der Waals surface area contributed by atoms with E-state index in [2.05, 4.69) is 33.1 Å². The molecule has 6 nitrogen and oxygen atoms in total. The largest absolute Gasteiger partial charge is 0.508 e. The number of aryl methyl sites for hydroxylation is 2. The van der Waals surface area contributed by atoms with E-state index in [1.54, 1.807) is 6.07 Å². The topological polar surface area (TPSA) is 98.5 Å². The van der Waals surface area contributed by atoms with Crippen molar-refractivity contribution in [3.8, 4) is 6.07 Å². The number of fused-ring (bicyclic) bond motifs is 2. The van der Waals surface area contributed by atoms with Gasteiger partial charge in [-0.15, -0.1) is 0 Å². The molecule has 0 saturated heterocycles. The van der Waals surface area contributed by atoms with Crippen molar-refractivity contribution in [3.63, 3.8) is 0 Å². The third-order valence-corrected chi connectivity index (χ3v) is 5.64. The van der Waals surface area contributed by atoms with Gasteiger partial charge in [0.2, 0.25) is 0 Å². The Morgan fingerprint density at radius 2 is 2.00 bits per heavy atom. The zero-order valence-electron chi connectivity index (χ0n) is 17.3. The zero-order valence-corrected chi connectivity index (χ0v) is 18.0. The second-order valence-corrected chi connectivity index (χ2v) is 7.72. The fourth-order valence-corrected chi connectivity index (χ4v) is 4.07. The molecule has 0 spiro atoms. The van der Waals surface area contributed by atoms with Crippen molar-refractivity contribution < 1.29 is 5.11 Å². The summed E-state index contributed by atoms with van der Waals surface area (Å²) in [5.74, 6) is 0.519. The van der Waals surface area contributed by atoms with E-state index in [0.29, 0.717) is 34.0 Å². The van der Waals surface area contributed by atoms with Crippen LogP contribution in [0.4, 0.5) is 0 Å². The lowest BCUT2D eigenvalue weighted by atomic mass is 10.0. The molecule has 0 aliphatic carbocycles. The van der Waals surface area contributed by atoms with Gasteiger partial charge in [-0.1, -0.05) is 43.8 Å². The van der Waals surface area contributed by atoms with Gasteiger partial charge in [-0.05, 0) is 31.0 Å². The average molecular weight is 430 g/mol. The summed E-state index contributed by atoms with van der Waals surface area (Å²) < 4.78 is 0. The molecular formula is C24H20ClN5O. The summed E-state index contributed by atoms with van der Waals surface area (Å²) in [4.78, 5) is 17.1. The van der Waals surface area contributed by atoms with Crippen molar-refractivity contribution >= 4 is 44.9 Å². The molecule has 7 heteroatoms. The van der Waals surface area contributed by atoms with E-state index in [1.165, 1.54) is 0 Å². The molecule has 0 atom stereocenters. The van der Waals surface area contributed by atoms with Crippen LogP contribution < -0.4 is 0 Å². The molecular weight excluding hydrogens is 410 g/mol. The van der Waals surface area contributed by atoms with Gasteiger partial charge in [0.15, 0.2) is 0 Å². The Balaban J connectivity index is 1.77. The summed E-state index contributed by atoms with van der Waals surface area (Å²) in [6.07, 6.45) is 1.30. The minimum Gasteiger partial charge on any atom is -0.508 e. The number of rotatable bonds is 5. The van der Waals surface area contributed by atoms with Crippen LogP contribution in [-0.4, -0.2) is 25.0 Å². The predicted octanol–water partition coefficient (Wildman–Crippen LogP) is 5.69. The molecule has 0 aliphatic heterocycles. The van der Waals surface area contributed by atoms with E-state index >= 15 is 0 Å². The van der Waals surface area contributed by atoms with Crippen LogP contribution in [0.2, 0.25) is 5.02 Å². The van der Waals surface area contributed by atoms with E-state index in [0.717, 1.165) is 39.8 Å². The molecule has 3 heterocycles. The van der Waals surface area contributed by atoms with Crippen molar-refractivity contribution in [2.24, 2.45) is 0 Å². The van der Waals surface area contributed by atoms with Gasteiger partial charge < -0.3 is 10.1 Å². The molecule has 1 aromatic carbocycles. The van der Waals surface area contributed by atoms with Crippen LogP contribution in [0.3, 0.4) is 0 Å². The van der Waals surface area contributed by atoms with Gasteiger partial charge >= 0.3 is 0 Å². The van der Waals surface area contributed by atoms with E-state index in [-0.39, 0.29) is 11.3 Å². The molecule has 4 aromatic rings. The van der Waals surface area contributed by atoms with Gasteiger partial charge in [0.05, 0.1) is 32.9 Å². The Morgan fingerprint density at radius 1 is 1.23 bits per heavy atom. The normalized spacial score (nSPS) is 11.0. The highest BCUT2D eigenvalue weighted by atomic mass is 35.5. The molecule has 2 N–H and O–H groups in total. The number of nitrogens with zero attached hydrogens (tertiary/aromatic N) is 4. The Hall–Kier alpha value is -3.69. The SMILES string of the molecule is C=C(O)c1cc2ccc(Cc3nc(C)c4c(Cl)c(CC)[nH]c4n3)cc2nc1C(=C)C#N. The number of aromatic amines is 1. The minimum absolute atomic E-state index is 0.155. The average Bonchev–Trinajstić information content (AvgIpc) is 3.07. The van der Waals surface area contributed by atoms with Gasteiger partial charge in [0.1, 0.15) is 23.3 Å². The van der Waals surface area contributed by atoms with Gasteiger partial charge in [-0.3, -0.25) is 0 Å². The number of hydrogen-bond donors (Lipinski definition) is 2. The first-order chi connectivity index (χ1) is 14.8. The number of pyridine rings is 1. The van der Waals surface area contributed by atoms with Crippen molar-refractivity contribution in [2.75, 3.05) is 0 Å². The van der Waals surface area contributed by atoms with E-state index in [9.17, 15) is 10.4 Å². The quantitative estimate of drug-likeness (QED) is 0.314. The van der Waals surface area contributed by atoms with Crippen LogP contribution in [0.25, 0.3) is 33.3 Å². The first kappa shape index (κ1) is 20.6. The molecule has 154 valence electrons. The Labute approximate surface area is 184 Å². The molecule has 0 aliphatic rings. The summed E-state index contributed by atoms with van der Waals surface area (Å²) >= 11 is 6.45. The molecule has 0 bridgehead atoms. The van der Waals surface area contributed by atoms with Crippen LogP contribution in [0.5, 0.6) is 0 Å². The standard InChI is InChI=1S/C24H20ClN5O/c1-5-18-22(25)21-13(3)27-20(30-24(21)29-18)9-15-6-7-16-10-17(14(4)31)23(12(2)11-26)28-19(16)8-15/h6-8,10,31H,2,4-5,9H2,1,3H3,(H,27,29,30). The Kier molecular flexibility index (Phi) is 5.22. The number of allylic oxidation sites excluding steroid dienone is 1. The number of halogens is 1. The summed E-state index contributed by atoms with van der Waals surface area (Å²) in [6, 6.07) is 9.55. The monoisotopic (exact) mass is 429 g/mol. The molecule has 31 heavy (non-hydrogen) atoms. The number of aromatic nitrogens is 4. The molecule has 4 rings (SSSR count). The lowest BCUT2D eigenvalue weighted by molar-refractivity contribution is 0.513. The number of nitrogens with one attached hydrogen (secondary N) is 1. The van der Waals surface area contributed by atoms with E-state index in [4.69, 9.17) is 11.6 Å². The van der Waals surface area contributed by atoms with Crippen LogP contribution in [0, 0.1) is 18.3 Å². The first-order valence-electron chi connectivity index (χ1n) is 9.77. The van der Waals surface area contributed by atoms with Gasteiger partial charge in [-0.2, -0.15) is 5.26 Å². The number of aliphatic hydroxyl groups is 1. The number of benzene rings is 1. The van der Waals surface area contributed by atoms with Crippen LogP contribution in [-0.2, 0) is 12.8 Å². The smallest absolute Gasteiger partial charge is 0.143 e. The minimum atomic E-state index is -0.155. The second-order valence-electron chi connectivity index (χ2n) is 7.35. The highest BCUT2D eigenvalue weighted by Crippen LogP contribution is 2.30. The number of H-pyrrole nitrogens is 1. The van der Waals surface area contributed by atoms with E-state index in [1.807, 2.05) is 38.1 Å². The van der Waals surface area contributed by atoms with Crippen LogP contribution in [0.15, 0.2) is 37.4 Å². The van der Waals surface area contributed by atoms with E-state index < -0.39 is 0 Å². The van der Waals surface area contributed by atoms with Crippen molar-refractivity contribution in [1.82, 2.24) is 19.9 Å².